The van der Waals surface area contributed by atoms with Crippen molar-refractivity contribution in [2.75, 3.05) is 10.6 Å². The molecule has 0 radical (unpaired) electrons. The Morgan fingerprint density at radius 2 is 1.73 bits per heavy atom. The number of fused-ring (bicyclic) bond motifs is 2. The number of anilines is 2. The number of nitrogens with zero attached hydrogens (tertiary/aromatic N) is 5. The van der Waals surface area contributed by atoms with Crippen LogP contribution in [0, 0.1) is 6.92 Å². The van der Waals surface area contributed by atoms with Gasteiger partial charge in [0.25, 0.3) is 0 Å². The Morgan fingerprint density at radius 3 is 2.45 bits per heavy atom. The van der Waals surface area contributed by atoms with Crippen LogP contribution in [0.3, 0.4) is 0 Å². The number of hydrogen-bond donors (Lipinski definition) is 3. The first kappa shape index (κ1) is 29.2. The number of ether oxygens (including phenoxy) is 1. The minimum atomic E-state index is -0.277. The second kappa shape index (κ2) is 11.7. The number of carbonyl (C=O) groups is 1. The number of carbonyl (C=O) groups excluding carboxylic acids is 1. The van der Waals surface area contributed by atoms with Crippen LogP contribution in [0.15, 0.2) is 72.9 Å². The van der Waals surface area contributed by atoms with Gasteiger partial charge in [0, 0.05) is 17.5 Å². The van der Waals surface area contributed by atoms with E-state index in [1.807, 2.05) is 65.2 Å². The van der Waals surface area contributed by atoms with Crippen molar-refractivity contribution in [3.05, 3.63) is 95.3 Å². The Bertz CT molecular complexity index is 1780. The normalized spacial score (nSPS) is 16.5. The van der Waals surface area contributed by atoms with Crippen molar-refractivity contribution in [3.8, 4) is 11.4 Å². The van der Waals surface area contributed by atoms with Crippen LogP contribution >= 0.6 is 0 Å². The summed E-state index contributed by atoms with van der Waals surface area (Å²) in [5.74, 6) is 2.03. The maximum atomic E-state index is 13.5. The van der Waals surface area contributed by atoms with Crippen molar-refractivity contribution < 1.29 is 9.53 Å². The molecule has 0 aliphatic heterocycles. The summed E-state index contributed by atoms with van der Waals surface area (Å²) in [7, 11) is 0. The number of benzene rings is 2. The fourth-order valence-electron chi connectivity index (χ4n) is 5.51. The monoisotopic (exact) mass is 592 g/mol. The standard InChI is InChI=1S/C34H40N8O2/c1-21(2)35-32-39-38-30-18-15-24(20-41(30)32)44-28-17-16-27(25-9-7-8-10-26(25)28)36-33(43)37-31-19-29(34(4,5)6)40-42(31)23-13-11-22(3)12-14-23/h7-15,18-21,27-28H,16-17H2,1-6H3,(H,35,39)(H2,36,37,43)/t27-,28+/m0/s1. The lowest BCUT2D eigenvalue weighted by Crippen LogP contribution is -2.36. The molecule has 10 heteroatoms. The highest BCUT2D eigenvalue weighted by Gasteiger charge is 2.30. The maximum absolute atomic E-state index is 13.5. The molecule has 1 aliphatic rings. The van der Waals surface area contributed by atoms with Gasteiger partial charge in [-0.05, 0) is 69.0 Å². The van der Waals surface area contributed by atoms with E-state index in [9.17, 15) is 4.79 Å². The summed E-state index contributed by atoms with van der Waals surface area (Å²) >= 11 is 0. The number of hydrogen-bond acceptors (Lipinski definition) is 6. The SMILES string of the molecule is Cc1ccc(-n2nc(C(C)(C)C)cc2NC(=O)N[C@H]2CC[C@@H](Oc3ccc4nnc(NC(C)C)n4c3)c3ccccc32)cc1. The van der Waals surface area contributed by atoms with Crippen LogP contribution in [0.25, 0.3) is 11.3 Å². The second-order valence-electron chi connectivity index (χ2n) is 12.8. The van der Waals surface area contributed by atoms with Gasteiger partial charge in [-0.15, -0.1) is 10.2 Å². The van der Waals surface area contributed by atoms with Crippen molar-refractivity contribution in [2.45, 2.75) is 78.0 Å². The Balaban J connectivity index is 1.20. The topological polar surface area (TPSA) is 110 Å². The van der Waals surface area contributed by atoms with Crippen LogP contribution in [0.1, 0.15) is 82.0 Å². The molecule has 44 heavy (non-hydrogen) atoms. The number of pyridine rings is 1. The van der Waals surface area contributed by atoms with E-state index in [0.29, 0.717) is 11.8 Å². The van der Waals surface area contributed by atoms with Crippen molar-refractivity contribution in [2.24, 2.45) is 0 Å². The zero-order chi connectivity index (χ0) is 31.0. The van der Waals surface area contributed by atoms with Gasteiger partial charge in [-0.25, -0.2) is 9.48 Å². The molecule has 10 nitrogen and oxygen atoms in total. The predicted octanol–water partition coefficient (Wildman–Crippen LogP) is 7.12. The fraction of sp³-hybridized carbons (Fsp3) is 0.353. The Kier molecular flexibility index (Phi) is 7.75. The molecule has 2 atom stereocenters. The highest BCUT2D eigenvalue weighted by Crippen LogP contribution is 2.39. The summed E-state index contributed by atoms with van der Waals surface area (Å²) in [4.78, 5) is 13.5. The fourth-order valence-corrected chi connectivity index (χ4v) is 5.51. The molecule has 1 aliphatic carbocycles. The number of nitrogens with one attached hydrogen (secondary N) is 3. The summed E-state index contributed by atoms with van der Waals surface area (Å²) in [5, 5.41) is 23.0. The van der Waals surface area contributed by atoms with E-state index in [1.165, 1.54) is 0 Å². The van der Waals surface area contributed by atoms with E-state index in [0.717, 1.165) is 52.3 Å². The molecule has 228 valence electrons. The Morgan fingerprint density at radius 1 is 0.977 bits per heavy atom. The minimum absolute atomic E-state index is 0.153. The number of amides is 2. The molecule has 5 aromatic rings. The Labute approximate surface area is 257 Å². The molecule has 0 spiro atoms. The van der Waals surface area contributed by atoms with Gasteiger partial charge in [0.05, 0.1) is 23.6 Å². The summed E-state index contributed by atoms with van der Waals surface area (Å²) in [6.07, 6.45) is 3.24. The molecule has 2 aromatic carbocycles. The summed E-state index contributed by atoms with van der Waals surface area (Å²) < 4.78 is 10.2. The lowest BCUT2D eigenvalue weighted by Gasteiger charge is -2.32. The molecule has 0 bridgehead atoms. The van der Waals surface area contributed by atoms with Gasteiger partial charge < -0.3 is 15.4 Å². The van der Waals surface area contributed by atoms with Crippen molar-refractivity contribution in [3.63, 3.8) is 0 Å². The third kappa shape index (κ3) is 6.10. The molecule has 0 saturated carbocycles. The third-order valence-corrected chi connectivity index (χ3v) is 7.81. The Hall–Kier alpha value is -4.86. The van der Waals surface area contributed by atoms with E-state index in [2.05, 4.69) is 79.8 Å². The first-order valence-corrected chi connectivity index (χ1v) is 15.2. The summed E-state index contributed by atoms with van der Waals surface area (Å²) in [5.41, 5.74) is 5.63. The van der Waals surface area contributed by atoms with E-state index in [1.54, 1.807) is 4.68 Å². The highest BCUT2D eigenvalue weighted by atomic mass is 16.5. The first-order chi connectivity index (χ1) is 21.0. The first-order valence-electron chi connectivity index (χ1n) is 15.2. The van der Waals surface area contributed by atoms with Crippen LogP contribution in [-0.4, -0.2) is 36.5 Å². The molecular formula is C34H40N8O2. The van der Waals surface area contributed by atoms with Gasteiger partial charge in [-0.1, -0.05) is 62.7 Å². The largest absolute Gasteiger partial charge is 0.484 e. The highest BCUT2D eigenvalue weighted by molar-refractivity contribution is 5.89. The lowest BCUT2D eigenvalue weighted by atomic mass is 9.85. The smallest absolute Gasteiger partial charge is 0.320 e. The molecule has 6 rings (SSSR count). The van der Waals surface area contributed by atoms with Crippen molar-refractivity contribution in [1.82, 2.24) is 29.7 Å². The average Bonchev–Trinajstić information content (AvgIpc) is 3.59. The molecule has 0 unspecified atom stereocenters. The maximum Gasteiger partial charge on any atom is 0.320 e. The van der Waals surface area contributed by atoms with Crippen LogP contribution in [-0.2, 0) is 5.41 Å². The quantitative estimate of drug-likeness (QED) is 0.186. The van der Waals surface area contributed by atoms with Gasteiger partial charge in [-0.2, -0.15) is 5.10 Å². The van der Waals surface area contributed by atoms with Gasteiger partial charge in [-0.3, -0.25) is 9.72 Å². The molecule has 3 N–H and O–H groups in total. The zero-order valence-corrected chi connectivity index (χ0v) is 26.1. The molecule has 2 amide bonds. The van der Waals surface area contributed by atoms with Crippen LogP contribution in [0.5, 0.6) is 5.75 Å². The molecule has 0 saturated heterocycles. The van der Waals surface area contributed by atoms with Crippen LogP contribution < -0.4 is 20.7 Å². The predicted molar refractivity (Wildman–Crippen MR) is 173 cm³/mol. The molecule has 0 fully saturated rings. The summed E-state index contributed by atoms with van der Waals surface area (Å²) in [6, 6.07) is 21.8. The van der Waals surface area contributed by atoms with Gasteiger partial charge in [0.1, 0.15) is 17.7 Å². The third-order valence-electron chi connectivity index (χ3n) is 7.81. The van der Waals surface area contributed by atoms with E-state index >= 15 is 0 Å². The van der Waals surface area contributed by atoms with Gasteiger partial charge in [0.15, 0.2) is 5.65 Å². The second-order valence-corrected chi connectivity index (χ2v) is 12.8. The number of rotatable bonds is 7. The minimum Gasteiger partial charge on any atom is -0.484 e. The molecule has 3 heterocycles. The van der Waals surface area contributed by atoms with Crippen LogP contribution in [0.2, 0.25) is 0 Å². The van der Waals surface area contributed by atoms with Gasteiger partial charge in [0.2, 0.25) is 5.95 Å². The van der Waals surface area contributed by atoms with Crippen LogP contribution in [0.4, 0.5) is 16.6 Å². The zero-order valence-electron chi connectivity index (χ0n) is 26.1. The van der Waals surface area contributed by atoms with E-state index in [4.69, 9.17) is 9.84 Å². The molecule has 3 aromatic heterocycles. The number of urea groups is 1. The van der Waals surface area contributed by atoms with E-state index in [-0.39, 0.29) is 29.6 Å². The van der Waals surface area contributed by atoms with Crippen molar-refractivity contribution >= 4 is 23.4 Å². The molecular weight excluding hydrogens is 552 g/mol. The number of aryl methyl sites for hydroxylation is 1. The van der Waals surface area contributed by atoms with Crippen molar-refractivity contribution in [1.29, 1.82) is 0 Å². The average molecular weight is 593 g/mol. The van der Waals surface area contributed by atoms with Gasteiger partial charge >= 0.3 is 6.03 Å². The number of aromatic nitrogens is 5. The lowest BCUT2D eigenvalue weighted by molar-refractivity contribution is 0.171. The van der Waals surface area contributed by atoms with E-state index < -0.39 is 0 Å². The summed E-state index contributed by atoms with van der Waals surface area (Å²) in [6.45, 7) is 12.5.